The average Bonchev–Trinajstić information content (AvgIpc) is 2.80. The van der Waals surface area contributed by atoms with Crippen LogP contribution in [0.3, 0.4) is 0 Å². The molecule has 110 valence electrons. The third-order valence-corrected chi connectivity index (χ3v) is 3.63. The number of carbonyl (C=O) groups excluding carboxylic acids is 3. The predicted octanol–water partition coefficient (Wildman–Crippen LogP) is 1.78. The monoisotopic (exact) mass is 294 g/mol. The van der Waals surface area contributed by atoms with Crippen molar-refractivity contribution in [1.29, 1.82) is 0 Å². The number of carbonyl (C=O) groups is 3. The number of nitrogens with zero attached hydrogens (tertiary/aromatic N) is 1. The van der Waals surface area contributed by atoms with Crippen LogP contribution >= 0.6 is 0 Å². The minimum Gasteiger partial charge on any atom is -0.359 e. The Hall–Kier alpha value is -2.95. The van der Waals surface area contributed by atoms with E-state index in [0.717, 1.165) is 10.5 Å². The average molecular weight is 294 g/mol. The van der Waals surface area contributed by atoms with Crippen molar-refractivity contribution in [3.63, 3.8) is 0 Å². The molecule has 1 aliphatic rings. The van der Waals surface area contributed by atoms with Gasteiger partial charge in [0.1, 0.15) is 0 Å². The van der Waals surface area contributed by atoms with Crippen molar-refractivity contribution in [1.82, 2.24) is 5.32 Å². The molecule has 5 heteroatoms. The molecular formula is C17H14N2O3. The molecule has 2 aromatic carbocycles. The second-order valence-corrected chi connectivity index (χ2v) is 5.01. The highest BCUT2D eigenvalue weighted by Crippen LogP contribution is 2.28. The molecule has 0 unspecified atom stereocenters. The highest BCUT2D eigenvalue weighted by molar-refractivity contribution is 6.34. The van der Waals surface area contributed by atoms with E-state index in [4.69, 9.17) is 0 Å². The Morgan fingerprint density at radius 2 is 1.50 bits per heavy atom. The van der Waals surface area contributed by atoms with Gasteiger partial charge in [-0.15, -0.1) is 0 Å². The maximum atomic E-state index is 12.4. The van der Waals surface area contributed by atoms with E-state index in [2.05, 4.69) is 5.32 Å². The van der Waals surface area contributed by atoms with Crippen molar-refractivity contribution < 1.29 is 14.4 Å². The molecule has 0 bridgehead atoms. The van der Waals surface area contributed by atoms with Crippen molar-refractivity contribution in [2.24, 2.45) is 0 Å². The molecule has 2 aromatic rings. The molecule has 1 heterocycles. The summed E-state index contributed by atoms with van der Waals surface area (Å²) < 4.78 is 0. The molecule has 0 atom stereocenters. The van der Waals surface area contributed by atoms with Gasteiger partial charge in [-0.3, -0.25) is 14.4 Å². The van der Waals surface area contributed by atoms with Crippen molar-refractivity contribution in [3.05, 3.63) is 65.2 Å². The maximum absolute atomic E-state index is 12.4. The Balaban J connectivity index is 1.88. The number of hydrogen-bond acceptors (Lipinski definition) is 3. The SMILES string of the molecule is CNC(=O)Cc1ccc(N2C(=O)c3ccccc3C2=O)cc1. The molecule has 0 saturated heterocycles. The van der Waals surface area contributed by atoms with E-state index in [0.29, 0.717) is 16.8 Å². The van der Waals surface area contributed by atoms with Gasteiger partial charge in [0, 0.05) is 7.05 Å². The Kier molecular flexibility index (Phi) is 3.47. The van der Waals surface area contributed by atoms with Gasteiger partial charge in [-0.2, -0.15) is 0 Å². The summed E-state index contributed by atoms with van der Waals surface area (Å²) >= 11 is 0. The number of rotatable bonds is 3. The van der Waals surface area contributed by atoms with E-state index >= 15 is 0 Å². The molecule has 0 radical (unpaired) electrons. The third-order valence-electron chi connectivity index (χ3n) is 3.63. The first-order valence-electron chi connectivity index (χ1n) is 6.89. The largest absolute Gasteiger partial charge is 0.359 e. The maximum Gasteiger partial charge on any atom is 0.266 e. The molecule has 0 saturated carbocycles. The fourth-order valence-corrected chi connectivity index (χ4v) is 2.46. The lowest BCUT2D eigenvalue weighted by molar-refractivity contribution is -0.119. The molecular weight excluding hydrogens is 280 g/mol. The van der Waals surface area contributed by atoms with Crippen LogP contribution < -0.4 is 10.2 Å². The molecule has 0 fully saturated rings. The van der Waals surface area contributed by atoms with Gasteiger partial charge in [-0.25, -0.2) is 4.90 Å². The normalized spacial score (nSPS) is 13.2. The van der Waals surface area contributed by atoms with Crippen LogP contribution in [0.25, 0.3) is 0 Å². The lowest BCUT2D eigenvalue weighted by Gasteiger charge is -2.14. The highest BCUT2D eigenvalue weighted by Gasteiger charge is 2.36. The van der Waals surface area contributed by atoms with Gasteiger partial charge in [0.15, 0.2) is 0 Å². The van der Waals surface area contributed by atoms with Crippen LogP contribution in [0.1, 0.15) is 26.3 Å². The first kappa shape index (κ1) is 14.0. The topological polar surface area (TPSA) is 66.5 Å². The number of anilines is 1. The zero-order chi connectivity index (χ0) is 15.7. The molecule has 3 amide bonds. The van der Waals surface area contributed by atoms with Crippen LogP contribution in [0.2, 0.25) is 0 Å². The number of amides is 3. The fourth-order valence-electron chi connectivity index (χ4n) is 2.46. The highest BCUT2D eigenvalue weighted by atomic mass is 16.2. The van der Waals surface area contributed by atoms with Crippen LogP contribution in [-0.4, -0.2) is 24.8 Å². The molecule has 0 spiro atoms. The van der Waals surface area contributed by atoms with Crippen LogP contribution in [0.15, 0.2) is 48.5 Å². The van der Waals surface area contributed by atoms with Gasteiger partial charge >= 0.3 is 0 Å². The molecule has 1 N–H and O–H groups in total. The summed E-state index contributed by atoms with van der Waals surface area (Å²) in [6.07, 6.45) is 0.263. The van der Waals surface area contributed by atoms with Gasteiger partial charge in [0.25, 0.3) is 11.8 Å². The van der Waals surface area contributed by atoms with E-state index in [1.165, 1.54) is 0 Å². The summed E-state index contributed by atoms with van der Waals surface area (Å²) in [5.41, 5.74) is 2.16. The third kappa shape index (κ3) is 2.26. The smallest absolute Gasteiger partial charge is 0.266 e. The van der Waals surface area contributed by atoms with E-state index in [9.17, 15) is 14.4 Å². The molecule has 0 aliphatic carbocycles. The zero-order valence-electron chi connectivity index (χ0n) is 12.0. The lowest BCUT2D eigenvalue weighted by atomic mass is 10.1. The summed E-state index contributed by atoms with van der Waals surface area (Å²) in [5, 5.41) is 2.55. The number of likely N-dealkylation sites (N-methyl/N-ethyl adjacent to an activating group) is 1. The molecule has 0 aromatic heterocycles. The Labute approximate surface area is 127 Å². The second kappa shape index (κ2) is 5.44. The summed E-state index contributed by atoms with van der Waals surface area (Å²) in [5.74, 6) is -0.729. The Morgan fingerprint density at radius 3 is 2.00 bits per heavy atom. The van der Waals surface area contributed by atoms with E-state index in [-0.39, 0.29) is 24.1 Å². The van der Waals surface area contributed by atoms with E-state index in [1.54, 1.807) is 55.6 Å². The van der Waals surface area contributed by atoms with Crippen molar-refractivity contribution in [3.8, 4) is 0 Å². The van der Waals surface area contributed by atoms with Gasteiger partial charge in [-0.1, -0.05) is 24.3 Å². The first-order chi connectivity index (χ1) is 10.6. The van der Waals surface area contributed by atoms with Gasteiger partial charge < -0.3 is 5.32 Å². The minimum absolute atomic E-state index is 0.0894. The summed E-state index contributed by atoms with van der Waals surface area (Å²) in [4.78, 5) is 37.2. The molecule has 3 rings (SSSR count). The predicted molar refractivity (Wildman–Crippen MR) is 81.8 cm³/mol. The van der Waals surface area contributed by atoms with Crippen LogP contribution in [0.5, 0.6) is 0 Å². The van der Waals surface area contributed by atoms with Crippen LogP contribution in [-0.2, 0) is 11.2 Å². The van der Waals surface area contributed by atoms with Crippen molar-refractivity contribution in [2.45, 2.75) is 6.42 Å². The van der Waals surface area contributed by atoms with E-state index < -0.39 is 0 Å². The van der Waals surface area contributed by atoms with Crippen LogP contribution in [0, 0.1) is 0 Å². The van der Waals surface area contributed by atoms with Crippen LogP contribution in [0.4, 0.5) is 5.69 Å². The molecule has 5 nitrogen and oxygen atoms in total. The minimum atomic E-state index is -0.320. The summed E-state index contributed by atoms with van der Waals surface area (Å²) in [6, 6.07) is 13.6. The quantitative estimate of drug-likeness (QED) is 0.877. The van der Waals surface area contributed by atoms with Crippen molar-refractivity contribution in [2.75, 3.05) is 11.9 Å². The fraction of sp³-hybridized carbons (Fsp3) is 0.118. The number of hydrogen-bond donors (Lipinski definition) is 1. The second-order valence-electron chi connectivity index (χ2n) is 5.01. The number of fused-ring (bicyclic) bond motifs is 1. The van der Waals surface area contributed by atoms with Gasteiger partial charge in [-0.05, 0) is 29.8 Å². The Bertz CT molecular complexity index is 731. The standard InChI is InChI=1S/C17H14N2O3/c1-18-15(20)10-11-6-8-12(9-7-11)19-16(21)13-4-2-3-5-14(13)17(19)22/h2-9H,10H2,1H3,(H,18,20). The number of imide groups is 1. The first-order valence-corrected chi connectivity index (χ1v) is 6.89. The number of nitrogens with one attached hydrogen (secondary N) is 1. The molecule has 1 aliphatic heterocycles. The zero-order valence-corrected chi connectivity index (χ0v) is 12.0. The summed E-state index contributed by atoms with van der Waals surface area (Å²) in [6.45, 7) is 0. The van der Waals surface area contributed by atoms with Gasteiger partial charge in [0.05, 0.1) is 23.2 Å². The summed E-state index contributed by atoms with van der Waals surface area (Å²) in [7, 11) is 1.58. The number of benzene rings is 2. The lowest BCUT2D eigenvalue weighted by Crippen LogP contribution is -2.29. The Morgan fingerprint density at radius 1 is 0.955 bits per heavy atom. The van der Waals surface area contributed by atoms with Crippen molar-refractivity contribution >= 4 is 23.4 Å². The van der Waals surface area contributed by atoms with E-state index in [1.807, 2.05) is 0 Å². The van der Waals surface area contributed by atoms with Gasteiger partial charge in [0.2, 0.25) is 5.91 Å². The molecule has 22 heavy (non-hydrogen) atoms.